The Morgan fingerprint density at radius 2 is 1.47 bits per heavy atom. The van der Waals surface area contributed by atoms with Gasteiger partial charge in [0.25, 0.3) is 0 Å². The first-order valence-electron chi connectivity index (χ1n) is 6.16. The van der Waals surface area contributed by atoms with Gasteiger partial charge in [-0.25, -0.2) is 0 Å². The Kier molecular flexibility index (Phi) is 3.22. The van der Waals surface area contributed by atoms with E-state index in [-0.39, 0.29) is 10.8 Å². The summed E-state index contributed by atoms with van der Waals surface area (Å²) in [6.07, 6.45) is 2.51. The molecule has 1 aliphatic carbocycles. The first-order valence-corrected chi connectivity index (χ1v) is 7.24. The summed E-state index contributed by atoms with van der Waals surface area (Å²) < 4.78 is 6.68. The van der Waals surface area contributed by atoms with Crippen LogP contribution in [0.15, 0.2) is 12.1 Å². The molecule has 1 aliphatic rings. The average molecular weight is 344 g/mol. The van der Waals surface area contributed by atoms with E-state index in [1.54, 1.807) is 7.11 Å². The maximum absolute atomic E-state index is 5.47. The number of hydrogen-bond donors (Lipinski definition) is 0. The predicted octanol–water partition coefficient (Wildman–Crippen LogP) is 4.65. The first kappa shape index (κ1) is 13.2. The van der Waals surface area contributed by atoms with Gasteiger partial charge in [-0.05, 0) is 69.5 Å². The highest BCUT2D eigenvalue weighted by Crippen LogP contribution is 2.47. The Morgan fingerprint density at radius 1 is 1.00 bits per heavy atom. The van der Waals surface area contributed by atoms with Crippen LogP contribution in [0.1, 0.15) is 51.7 Å². The Morgan fingerprint density at radius 3 is 1.94 bits per heavy atom. The topological polar surface area (TPSA) is 9.23 Å². The largest absolute Gasteiger partial charge is 0.496 e. The van der Waals surface area contributed by atoms with Crippen LogP contribution >= 0.6 is 22.6 Å². The van der Waals surface area contributed by atoms with Gasteiger partial charge in [0.1, 0.15) is 5.75 Å². The minimum absolute atomic E-state index is 0.266. The van der Waals surface area contributed by atoms with Crippen molar-refractivity contribution < 1.29 is 4.74 Å². The zero-order chi connectivity index (χ0) is 12.8. The molecule has 94 valence electrons. The highest BCUT2D eigenvalue weighted by molar-refractivity contribution is 14.1. The first-order chi connectivity index (χ1) is 7.78. The Labute approximate surface area is 118 Å². The fraction of sp³-hybridized carbons (Fsp3) is 0.600. The van der Waals surface area contributed by atoms with Crippen LogP contribution in [-0.2, 0) is 10.8 Å². The molecule has 0 heterocycles. The fourth-order valence-electron chi connectivity index (χ4n) is 2.72. The molecule has 1 aromatic carbocycles. The predicted molar refractivity (Wildman–Crippen MR) is 81.0 cm³/mol. The van der Waals surface area contributed by atoms with E-state index < -0.39 is 0 Å². The molecule has 0 radical (unpaired) electrons. The molecule has 0 spiro atoms. The number of hydrogen-bond acceptors (Lipinski definition) is 1. The molecule has 0 fully saturated rings. The van der Waals surface area contributed by atoms with Gasteiger partial charge in [0, 0.05) is 0 Å². The van der Waals surface area contributed by atoms with E-state index in [9.17, 15) is 0 Å². The number of fused-ring (bicyclic) bond motifs is 1. The van der Waals surface area contributed by atoms with Gasteiger partial charge in [-0.15, -0.1) is 0 Å². The maximum Gasteiger partial charge on any atom is 0.132 e. The van der Waals surface area contributed by atoms with Crippen molar-refractivity contribution in [1.29, 1.82) is 0 Å². The lowest BCUT2D eigenvalue weighted by molar-refractivity contribution is 0.328. The van der Waals surface area contributed by atoms with E-state index in [0.29, 0.717) is 0 Å². The van der Waals surface area contributed by atoms with Crippen molar-refractivity contribution in [1.82, 2.24) is 0 Å². The molecular formula is C15H21IO. The van der Waals surface area contributed by atoms with Crippen LogP contribution in [0.2, 0.25) is 0 Å². The van der Waals surface area contributed by atoms with E-state index in [1.165, 1.54) is 27.5 Å². The molecule has 0 atom stereocenters. The Hall–Kier alpha value is -0.250. The van der Waals surface area contributed by atoms with Crippen molar-refractivity contribution in [2.75, 3.05) is 7.11 Å². The molecule has 1 aromatic rings. The van der Waals surface area contributed by atoms with Crippen molar-refractivity contribution in [2.24, 2.45) is 0 Å². The van der Waals surface area contributed by atoms with Crippen molar-refractivity contribution in [3.05, 3.63) is 26.8 Å². The van der Waals surface area contributed by atoms with Crippen LogP contribution < -0.4 is 4.74 Å². The fourth-order valence-corrected chi connectivity index (χ4v) is 3.41. The molecular weight excluding hydrogens is 323 g/mol. The minimum atomic E-state index is 0.266. The van der Waals surface area contributed by atoms with E-state index in [4.69, 9.17) is 4.74 Å². The smallest absolute Gasteiger partial charge is 0.132 e. The summed E-state index contributed by atoms with van der Waals surface area (Å²) in [5, 5.41) is 0. The highest BCUT2D eigenvalue weighted by Gasteiger charge is 2.37. The lowest BCUT2D eigenvalue weighted by Crippen LogP contribution is -2.34. The van der Waals surface area contributed by atoms with Gasteiger partial charge >= 0.3 is 0 Å². The van der Waals surface area contributed by atoms with Gasteiger partial charge in [-0.1, -0.05) is 27.7 Å². The van der Waals surface area contributed by atoms with Gasteiger partial charge < -0.3 is 4.74 Å². The molecule has 0 saturated heterocycles. The van der Waals surface area contributed by atoms with Crippen LogP contribution in [0.3, 0.4) is 0 Å². The molecule has 0 unspecified atom stereocenters. The van der Waals surface area contributed by atoms with Gasteiger partial charge in [0.2, 0.25) is 0 Å². The molecule has 2 rings (SSSR count). The molecule has 0 saturated carbocycles. The maximum atomic E-state index is 5.47. The number of benzene rings is 1. The van der Waals surface area contributed by atoms with E-state index >= 15 is 0 Å². The highest BCUT2D eigenvalue weighted by atomic mass is 127. The van der Waals surface area contributed by atoms with Crippen molar-refractivity contribution in [2.45, 2.75) is 51.4 Å². The molecule has 17 heavy (non-hydrogen) atoms. The van der Waals surface area contributed by atoms with E-state index in [2.05, 4.69) is 62.4 Å². The van der Waals surface area contributed by atoms with Gasteiger partial charge in [-0.2, -0.15) is 0 Å². The molecule has 0 aliphatic heterocycles. The standard InChI is InChI=1S/C15H21IO/c1-14(2)6-7-15(3,4)11-9-13(17-5)12(16)8-10(11)14/h8-9H,6-7H2,1-5H3. The quantitative estimate of drug-likeness (QED) is 0.674. The summed E-state index contributed by atoms with van der Waals surface area (Å²) in [6.45, 7) is 9.38. The second-order valence-corrected chi connectivity index (χ2v) is 7.46. The molecule has 0 amide bonds. The second kappa shape index (κ2) is 4.15. The lowest BCUT2D eigenvalue weighted by atomic mass is 9.63. The number of ether oxygens (including phenoxy) is 1. The monoisotopic (exact) mass is 344 g/mol. The van der Waals surface area contributed by atoms with E-state index in [1.807, 2.05) is 0 Å². The Balaban J connectivity index is 2.68. The summed E-state index contributed by atoms with van der Waals surface area (Å²) in [7, 11) is 1.75. The van der Waals surface area contributed by atoms with Crippen LogP contribution in [0.5, 0.6) is 5.75 Å². The van der Waals surface area contributed by atoms with Crippen molar-refractivity contribution in [3.63, 3.8) is 0 Å². The molecule has 0 N–H and O–H groups in total. The SMILES string of the molecule is COc1cc2c(cc1I)C(C)(C)CCC2(C)C. The van der Waals surface area contributed by atoms with Crippen molar-refractivity contribution >= 4 is 22.6 Å². The van der Waals surface area contributed by atoms with Gasteiger partial charge in [0.15, 0.2) is 0 Å². The van der Waals surface area contributed by atoms with Crippen LogP contribution in [0.25, 0.3) is 0 Å². The molecule has 0 bridgehead atoms. The summed E-state index contributed by atoms with van der Waals surface area (Å²) >= 11 is 2.37. The molecule has 1 nitrogen and oxygen atoms in total. The second-order valence-electron chi connectivity index (χ2n) is 6.30. The minimum Gasteiger partial charge on any atom is -0.496 e. The van der Waals surface area contributed by atoms with Crippen LogP contribution in [0.4, 0.5) is 0 Å². The lowest BCUT2D eigenvalue weighted by Gasteiger charge is -2.42. The summed E-state index contributed by atoms with van der Waals surface area (Å²) in [6, 6.07) is 4.56. The van der Waals surface area contributed by atoms with Crippen LogP contribution in [0, 0.1) is 3.57 Å². The summed E-state index contributed by atoms with van der Waals surface area (Å²) in [4.78, 5) is 0. The van der Waals surface area contributed by atoms with Gasteiger partial charge in [0.05, 0.1) is 10.7 Å². The normalized spacial score (nSPS) is 20.8. The molecule has 2 heteroatoms. The number of rotatable bonds is 1. The third-order valence-electron chi connectivity index (χ3n) is 4.13. The van der Waals surface area contributed by atoms with Crippen LogP contribution in [-0.4, -0.2) is 7.11 Å². The average Bonchev–Trinajstić information content (AvgIpc) is 2.24. The summed E-state index contributed by atoms with van der Waals surface area (Å²) in [5.41, 5.74) is 3.52. The zero-order valence-corrected chi connectivity index (χ0v) is 13.5. The third kappa shape index (κ3) is 2.20. The third-order valence-corrected chi connectivity index (χ3v) is 4.97. The van der Waals surface area contributed by atoms with Gasteiger partial charge in [-0.3, -0.25) is 0 Å². The zero-order valence-electron chi connectivity index (χ0n) is 11.4. The van der Waals surface area contributed by atoms with Crippen molar-refractivity contribution in [3.8, 4) is 5.75 Å². The van der Waals surface area contributed by atoms with E-state index in [0.717, 1.165) is 5.75 Å². The summed E-state index contributed by atoms with van der Waals surface area (Å²) in [5.74, 6) is 1.01. The molecule has 0 aromatic heterocycles. The number of methoxy groups -OCH3 is 1. The number of halogens is 1. The Bertz CT molecular complexity index is 446.